The highest BCUT2D eigenvalue weighted by atomic mass is 16.5. The smallest absolute Gasteiger partial charge is 0.126 e. The van der Waals surface area contributed by atoms with Crippen molar-refractivity contribution in [2.75, 3.05) is 43.8 Å². The maximum Gasteiger partial charge on any atom is 0.126 e. The van der Waals surface area contributed by atoms with Gasteiger partial charge in [0.1, 0.15) is 5.82 Å². The maximum absolute atomic E-state index is 5.74. The van der Waals surface area contributed by atoms with Gasteiger partial charge in [-0.05, 0) is 25.1 Å². The Kier molecular flexibility index (Phi) is 4.38. The summed E-state index contributed by atoms with van der Waals surface area (Å²) < 4.78 is 5.73. The van der Waals surface area contributed by atoms with Crippen LogP contribution in [0.4, 0.5) is 11.5 Å². The van der Waals surface area contributed by atoms with Gasteiger partial charge in [0, 0.05) is 19.6 Å². The van der Waals surface area contributed by atoms with Crippen molar-refractivity contribution in [3.05, 3.63) is 17.8 Å². The number of nitrogens with two attached hydrogens (primary N) is 1. The van der Waals surface area contributed by atoms with Gasteiger partial charge in [0.2, 0.25) is 0 Å². The highest BCUT2D eigenvalue weighted by Crippen LogP contribution is 2.13. The number of rotatable bonds is 4. The Balaban J connectivity index is 1.85. The number of anilines is 2. The van der Waals surface area contributed by atoms with Gasteiger partial charge >= 0.3 is 0 Å². The van der Waals surface area contributed by atoms with Gasteiger partial charge in [-0.25, -0.2) is 4.98 Å². The molecule has 0 amide bonds. The summed E-state index contributed by atoms with van der Waals surface area (Å²) in [5.41, 5.74) is 7.52. The van der Waals surface area contributed by atoms with Crippen molar-refractivity contribution >= 4 is 11.5 Å². The van der Waals surface area contributed by atoms with Crippen LogP contribution >= 0.6 is 0 Å². The molecular formula is C13H22N4O. The lowest BCUT2D eigenvalue weighted by Gasteiger charge is -2.32. The van der Waals surface area contributed by atoms with E-state index in [4.69, 9.17) is 10.5 Å². The molecule has 0 spiro atoms. The number of ether oxygens (including phenoxy) is 1. The molecule has 3 N–H and O–H groups in total. The number of pyridine rings is 1. The van der Waals surface area contributed by atoms with Crippen molar-refractivity contribution in [2.45, 2.75) is 20.0 Å². The number of nitrogens with zero attached hydrogens (tertiary/aromatic N) is 2. The first kappa shape index (κ1) is 13.1. The van der Waals surface area contributed by atoms with Gasteiger partial charge in [-0.1, -0.05) is 6.92 Å². The molecule has 2 heterocycles. The van der Waals surface area contributed by atoms with E-state index in [9.17, 15) is 0 Å². The Morgan fingerprint density at radius 1 is 1.61 bits per heavy atom. The van der Waals surface area contributed by atoms with E-state index in [1.165, 1.54) is 0 Å². The summed E-state index contributed by atoms with van der Waals surface area (Å²) in [5, 5.41) is 3.31. The van der Waals surface area contributed by atoms with Crippen LogP contribution in [-0.4, -0.2) is 48.8 Å². The fraction of sp³-hybridized carbons (Fsp3) is 0.615. The Bertz CT molecular complexity index is 397. The SMILES string of the molecule is CCN1CCOC(CNc2cc(C)c(N)cn2)C1. The zero-order valence-electron chi connectivity index (χ0n) is 11.1. The molecule has 0 radical (unpaired) electrons. The van der Waals surface area contributed by atoms with Crippen molar-refractivity contribution in [3.8, 4) is 0 Å². The summed E-state index contributed by atoms with van der Waals surface area (Å²) in [6.07, 6.45) is 1.93. The molecular weight excluding hydrogens is 228 g/mol. The lowest BCUT2D eigenvalue weighted by atomic mass is 10.2. The van der Waals surface area contributed by atoms with Crippen LogP contribution in [0.3, 0.4) is 0 Å². The molecule has 1 aromatic rings. The van der Waals surface area contributed by atoms with Gasteiger partial charge in [0.05, 0.1) is 24.6 Å². The quantitative estimate of drug-likeness (QED) is 0.838. The van der Waals surface area contributed by atoms with E-state index in [2.05, 4.69) is 22.1 Å². The summed E-state index contributed by atoms with van der Waals surface area (Å²) >= 11 is 0. The highest BCUT2D eigenvalue weighted by Gasteiger charge is 2.18. The number of aryl methyl sites for hydroxylation is 1. The second-order valence-corrected chi connectivity index (χ2v) is 4.69. The monoisotopic (exact) mass is 250 g/mol. The molecule has 5 nitrogen and oxygen atoms in total. The molecule has 0 aromatic carbocycles. The average molecular weight is 250 g/mol. The molecule has 18 heavy (non-hydrogen) atoms. The van der Waals surface area contributed by atoms with E-state index >= 15 is 0 Å². The number of nitrogen functional groups attached to an aromatic ring is 1. The zero-order chi connectivity index (χ0) is 13.0. The predicted molar refractivity (Wildman–Crippen MR) is 73.7 cm³/mol. The largest absolute Gasteiger partial charge is 0.397 e. The Morgan fingerprint density at radius 2 is 2.44 bits per heavy atom. The molecule has 1 unspecified atom stereocenters. The fourth-order valence-corrected chi connectivity index (χ4v) is 2.07. The second kappa shape index (κ2) is 6.02. The molecule has 0 saturated carbocycles. The third-order valence-corrected chi connectivity index (χ3v) is 3.33. The third-order valence-electron chi connectivity index (χ3n) is 3.33. The number of likely N-dealkylation sites (N-methyl/N-ethyl adjacent to an activating group) is 1. The lowest BCUT2D eigenvalue weighted by molar-refractivity contribution is -0.0192. The minimum Gasteiger partial charge on any atom is -0.397 e. The molecule has 5 heteroatoms. The van der Waals surface area contributed by atoms with Crippen LogP contribution in [0.5, 0.6) is 0 Å². The molecule has 0 aliphatic carbocycles. The number of hydrogen-bond donors (Lipinski definition) is 2. The van der Waals surface area contributed by atoms with E-state index in [-0.39, 0.29) is 6.10 Å². The summed E-state index contributed by atoms with van der Waals surface area (Å²) in [5.74, 6) is 0.860. The summed E-state index contributed by atoms with van der Waals surface area (Å²) in [6, 6.07) is 1.97. The molecule has 1 aliphatic heterocycles. The highest BCUT2D eigenvalue weighted by molar-refractivity contribution is 5.50. The number of nitrogens with one attached hydrogen (secondary N) is 1. The molecule has 0 bridgehead atoms. The predicted octanol–water partition coefficient (Wildman–Crippen LogP) is 1.10. The lowest BCUT2D eigenvalue weighted by Crippen LogP contribution is -2.45. The third kappa shape index (κ3) is 3.34. The van der Waals surface area contributed by atoms with Crippen molar-refractivity contribution in [1.29, 1.82) is 0 Å². The number of hydrogen-bond acceptors (Lipinski definition) is 5. The number of aromatic nitrogens is 1. The average Bonchev–Trinajstić information content (AvgIpc) is 2.40. The van der Waals surface area contributed by atoms with E-state index < -0.39 is 0 Å². The van der Waals surface area contributed by atoms with Gasteiger partial charge in [0.15, 0.2) is 0 Å². The molecule has 100 valence electrons. The molecule has 2 rings (SSSR count). The van der Waals surface area contributed by atoms with Crippen LogP contribution in [0.1, 0.15) is 12.5 Å². The molecule has 1 aliphatic rings. The van der Waals surface area contributed by atoms with Crippen LogP contribution in [0.25, 0.3) is 0 Å². The standard InChI is InChI=1S/C13H22N4O/c1-3-17-4-5-18-11(9-17)7-15-13-6-10(2)12(14)8-16-13/h6,8,11H,3-5,7,9,14H2,1-2H3,(H,15,16). The van der Waals surface area contributed by atoms with Gasteiger partial charge in [-0.15, -0.1) is 0 Å². The normalized spacial score (nSPS) is 20.9. The van der Waals surface area contributed by atoms with E-state index in [0.717, 1.165) is 49.9 Å². The van der Waals surface area contributed by atoms with Crippen molar-refractivity contribution in [1.82, 2.24) is 9.88 Å². The first-order valence-electron chi connectivity index (χ1n) is 6.49. The van der Waals surface area contributed by atoms with Crippen molar-refractivity contribution < 1.29 is 4.74 Å². The summed E-state index contributed by atoms with van der Waals surface area (Å²) in [6.45, 7) is 8.86. The van der Waals surface area contributed by atoms with E-state index in [1.807, 2.05) is 13.0 Å². The van der Waals surface area contributed by atoms with Gasteiger partial charge in [0.25, 0.3) is 0 Å². The second-order valence-electron chi connectivity index (χ2n) is 4.69. The fourth-order valence-electron chi connectivity index (χ4n) is 2.07. The molecule has 1 atom stereocenters. The van der Waals surface area contributed by atoms with Gasteiger partial charge in [-0.2, -0.15) is 0 Å². The maximum atomic E-state index is 5.74. The van der Waals surface area contributed by atoms with Gasteiger partial charge in [-0.3, -0.25) is 4.90 Å². The van der Waals surface area contributed by atoms with Crippen LogP contribution in [-0.2, 0) is 4.74 Å². The van der Waals surface area contributed by atoms with Crippen LogP contribution in [0, 0.1) is 6.92 Å². The minimum atomic E-state index is 0.235. The number of morpholine rings is 1. The summed E-state index contributed by atoms with van der Waals surface area (Å²) in [4.78, 5) is 6.66. The van der Waals surface area contributed by atoms with Crippen molar-refractivity contribution in [3.63, 3.8) is 0 Å². The first-order chi connectivity index (χ1) is 8.69. The van der Waals surface area contributed by atoms with Crippen molar-refractivity contribution in [2.24, 2.45) is 0 Å². The van der Waals surface area contributed by atoms with Crippen LogP contribution in [0.2, 0.25) is 0 Å². The summed E-state index contributed by atoms with van der Waals surface area (Å²) in [7, 11) is 0. The topological polar surface area (TPSA) is 63.4 Å². The van der Waals surface area contributed by atoms with E-state index in [0.29, 0.717) is 0 Å². The minimum absolute atomic E-state index is 0.235. The van der Waals surface area contributed by atoms with Crippen LogP contribution < -0.4 is 11.1 Å². The first-order valence-corrected chi connectivity index (χ1v) is 6.49. The Hall–Kier alpha value is -1.33. The Morgan fingerprint density at radius 3 is 3.17 bits per heavy atom. The van der Waals surface area contributed by atoms with Crippen LogP contribution in [0.15, 0.2) is 12.3 Å². The zero-order valence-corrected chi connectivity index (χ0v) is 11.1. The molecule has 1 aromatic heterocycles. The Labute approximate surface area is 108 Å². The van der Waals surface area contributed by atoms with Gasteiger partial charge < -0.3 is 15.8 Å². The molecule has 1 fully saturated rings. The molecule has 1 saturated heterocycles. The van der Waals surface area contributed by atoms with E-state index in [1.54, 1.807) is 6.20 Å².